The summed E-state index contributed by atoms with van der Waals surface area (Å²) in [5.74, 6) is -0.793. The fourth-order valence-corrected chi connectivity index (χ4v) is 4.98. The van der Waals surface area contributed by atoms with E-state index in [4.69, 9.17) is 21.1 Å². The number of ketones is 1. The van der Waals surface area contributed by atoms with Gasteiger partial charge in [0, 0.05) is 10.4 Å². The molecule has 0 bridgehead atoms. The summed E-state index contributed by atoms with van der Waals surface area (Å²) in [6, 6.07) is 10.9. The van der Waals surface area contributed by atoms with E-state index in [-0.39, 0.29) is 16.4 Å². The van der Waals surface area contributed by atoms with E-state index in [1.54, 1.807) is 36.4 Å². The number of ether oxygens (including phenoxy) is 2. The number of carbonyl (C=O) groups is 2. The second-order valence-electron chi connectivity index (χ2n) is 7.66. The number of halogens is 1. The summed E-state index contributed by atoms with van der Waals surface area (Å²) in [5.41, 5.74) is 1.66. The van der Waals surface area contributed by atoms with E-state index in [0.29, 0.717) is 34.4 Å². The third-order valence-electron chi connectivity index (χ3n) is 5.60. The highest BCUT2D eigenvalue weighted by Crippen LogP contribution is 2.44. The van der Waals surface area contributed by atoms with Gasteiger partial charge in [-0.2, -0.15) is 0 Å². The Morgan fingerprint density at radius 2 is 1.88 bits per heavy atom. The Morgan fingerprint density at radius 1 is 1.18 bits per heavy atom. The van der Waals surface area contributed by atoms with E-state index in [9.17, 15) is 14.7 Å². The van der Waals surface area contributed by atoms with Crippen LogP contribution >= 0.6 is 22.9 Å². The standard InChI is InChI=1S/C25H23ClN2O5S/c1-5-33-17-9-6-15(7-10-17)21-20(22(29)16-8-11-19(32-4)18(26)12-16)23(30)24(31)28(21)25-27-13(2)14(3)34-25/h6-12,21,29H,5H2,1-4H3/t21-/m1/s1. The molecule has 1 amide bonds. The number of aliphatic hydroxyl groups excluding tert-OH is 1. The summed E-state index contributed by atoms with van der Waals surface area (Å²) in [6.45, 7) is 6.14. The van der Waals surface area contributed by atoms with Crippen molar-refractivity contribution in [3.8, 4) is 11.5 Å². The van der Waals surface area contributed by atoms with Crippen molar-refractivity contribution in [2.24, 2.45) is 0 Å². The molecule has 0 radical (unpaired) electrons. The van der Waals surface area contributed by atoms with Crippen molar-refractivity contribution in [3.63, 3.8) is 0 Å². The summed E-state index contributed by atoms with van der Waals surface area (Å²) in [6.07, 6.45) is 0. The van der Waals surface area contributed by atoms with Gasteiger partial charge in [0.2, 0.25) is 0 Å². The highest BCUT2D eigenvalue weighted by molar-refractivity contribution is 7.16. The third kappa shape index (κ3) is 4.15. The number of amides is 1. The maximum atomic E-state index is 13.2. The number of aromatic nitrogens is 1. The molecule has 2 heterocycles. The van der Waals surface area contributed by atoms with Crippen molar-refractivity contribution >= 4 is 45.5 Å². The zero-order chi connectivity index (χ0) is 24.6. The molecule has 176 valence electrons. The van der Waals surface area contributed by atoms with Gasteiger partial charge in [0.25, 0.3) is 5.78 Å². The second kappa shape index (κ2) is 9.48. The maximum absolute atomic E-state index is 13.2. The number of methoxy groups -OCH3 is 1. The Hall–Kier alpha value is -3.36. The normalized spacial score (nSPS) is 17.3. The number of hydrogen-bond donors (Lipinski definition) is 1. The number of rotatable bonds is 6. The Balaban J connectivity index is 1.91. The van der Waals surface area contributed by atoms with Crippen molar-refractivity contribution in [2.45, 2.75) is 26.8 Å². The molecular weight excluding hydrogens is 476 g/mol. The smallest absolute Gasteiger partial charge is 0.301 e. The van der Waals surface area contributed by atoms with Crippen LogP contribution in [0.5, 0.6) is 11.5 Å². The molecule has 0 aliphatic carbocycles. The van der Waals surface area contributed by atoms with Gasteiger partial charge < -0.3 is 14.6 Å². The molecular formula is C25H23ClN2O5S. The molecule has 34 heavy (non-hydrogen) atoms. The number of carbonyl (C=O) groups excluding carboxylic acids is 2. The fourth-order valence-electron chi connectivity index (χ4n) is 3.79. The highest BCUT2D eigenvalue weighted by atomic mass is 35.5. The number of aliphatic hydroxyl groups is 1. The topological polar surface area (TPSA) is 89.0 Å². The van der Waals surface area contributed by atoms with Gasteiger partial charge in [-0.1, -0.05) is 23.7 Å². The number of thiazole rings is 1. The average Bonchev–Trinajstić information content (AvgIpc) is 3.29. The van der Waals surface area contributed by atoms with Gasteiger partial charge in [0.1, 0.15) is 17.3 Å². The molecule has 7 nitrogen and oxygen atoms in total. The first-order valence-electron chi connectivity index (χ1n) is 10.6. The minimum atomic E-state index is -0.874. The Morgan fingerprint density at radius 3 is 2.44 bits per heavy atom. The molecule has 1 fully saturated rings. The molecule has 4 rings (SSSR count). The number of anilines is 1. The summed E-state index contributed by atoms with van der Waals surface area (Å²) in [5, 5.41) is 11.9. The SMILES string of the molecule is CCOc1ccc([C@@H]2C(=C(O)c3ccc(OC)c(Cl)c3)C(=O)C(=O)N2c2nc(C)c(C)s2)cc1. The molecule has 0 unspecified atom stereocenters. The van der Waals surface area contributed by atoms with Crippen molar-refractivity contribution in [3.05, 3.63) is 74.8 Å². The lowest BCUT2D eigenvalue weighted by Gasteiger charge is -2.23. The van der Waals surface area contributed by atoms with E-state index < -0.39 is 17.7 Å². The van der Waals surface area contributed by atoms with Crippen LogP contribution in [0.4, 0.5) is 5.13 Å². The maximum Gasteiger partial charge on any atom is 0.301 e. The van der Waals surface area contributed by atoms with Crippen LogP contribution in [0.1, 0.15) is 34.7 Å². The third-order valence-corrected chi connectivity index (χ3v) is 6.97. The predicted octanol–water partition coefficient (Wildman–Crippen LogP) is 5.45. The molecule has 1 saturated heterocycles. The van der Waals surface area contributed by atoms with Crippen LogP contribution in [0, 0.1) is 13.8 Å². The van der Waals surface area contributed by atoms with Crippen molar-refractivity contribution < 1.29 is 24.2 Å². The first kappa shape index (κ1) is 23.8. The monoisotopic (exact) mass is 498 g/mol. The van der Waals surface area contributed by atoms with Crippen LogP contribution in [0.25, 0.3) is 5.76 Å². The molecule has 1 N–H and O–H groups in total. The van der Waals surface area contributed by atoms with E-state index in [0.717, 1.165) is 10.6 Å². The molecule has 0 saturated carbocycles. The van der Waals surface area contributed by atoms with Crippen molar-refractivity contribution in [2.75, 3.05) is 18.6 Å². The minimum Gasteiger partial charge on any atom is -0.507 e. The van der Waals surface area contributed by atoms with Gasteiger partial charge in [-0.05, 0) is 56.7 Å². The van der Waals surface area contributed by atoms with Gasteiger partial charge in [0.15, 0.2) is 5.13 Å². The Kier molecular flexibility index (Phi) is 6.63. The van der Waals surface area contributed by atoms with Crippen molar-refractivity contribution in [1.29, 1.82) is 0 Å². The summed E-state index contributed by atoms with van der Waals surface area (Å²) >= 11 is 7.57. The van der Waals surface area contributed by atoms with E-state index in [1.165, 1.54) is 29.4 Å². The van der Waals surface area contributed by atoms with Gasteiger partial charge in [-0.3, -0.25) is 14.5 Å². The van der Waals surface area contributed by atoms with E-state index in [1.807, 2.05) is 20.8 Å². The van der Waals surface area contributed by atoms with Gasteiger partial charge >= 0.3 is 5.91 Å². The molecule has 0 spiro atoms. The number of benzene rings is 2. The number of nitrogens with zero attached hydrogens (tertiary/aromatic N) is 2. The number of hydrogen-bond acceptors (Lipinski definition) is 7. The lowest BCUT2D eigenvalue weighted by Crippen LogP contribution is -2.29. The zero-order valence-electron chi connectivity index (χ0n) is 19.1. The van der Waals surface area contributed by atoms with Gasteiger partial charge in [-0.25, -0.2) is 4.98 Å². The molecule has 1 aliphatic heterocycles. The summed E-state index contributed by atoms with van der Waals surface area (Å²) < 4.78 is 10.7. The Labute approximate surface area is 206 Å². The number of Topliss-reactive ketones (excluding diaryl/α,β-unsaturated/α-hetero) is 1. The van der Waals surface area contributed by atoms with Crippen LogP contribution < -0.4 is 14.4 Å². The van der Waals surface area contributed by atoms with Crippen LogP contribution in [-0.4, -0.2) is 35.5 Å². The summed E-state index contributed by atoms with van der Waals surface area (Å²) in [7, 11) is 1.48. The van der Waals surface area contributed by atoms with E-state index >= 15 is 0 Å². The number of aryl methyl sites for hydroxylation is 2. The lowest BCUT2D eigenvalue weighted by atomic mass is 9.95. The van der Waals surface area contributed by atoms with Gasteiger partial charge in [-0.15, -0.1) is 11.3 Å². The largest absolute Gasteiger partial charge is 0.507 e. The summed E-state index contributed by atoms with van der Waals surface area (Å²) in [4.78, 5) is 33.3. The van der Waals surface area contributed by atoms with Crippen molar-refractivity contribution in [1.82, 2.24) is 4.98 Å². The Bertz CT molecular complexity index is 1280. The predicted molar refractivity (Wildman–Crippen MR) is 132 cm³/mol. The molecule has 3 aromatic rings. The van der Waals surface area contributed by atoms with Crippen LogP contribution in [0.15, 0.2) is 48.0 Å². The van der Waals surface area contributed by atoms with Gasteiger partial charge in [0.05, 0.1) is 36.0 Å². The fraction of sp³-hybridized carbons (Fsp3) is 0.240. The zero-order valence-corrected chi connectivity index (χ0v) is 20.7. The van der Waals surface area contributed by atoms with Crippen LogP contribution in [0.3, 0.4) is 0 Å². The first-order chi connectivity index (χ1) is 16.3. The minimum absolute atomic E-state index is 0.0408. The quantitative estimate of drug-likeness (QED) is 0.276. The second-order valence-corrected chi connectivity index (χ2v) is 9.25. The molecule has 9 heteroatoms. The average molecular weight is 499 g/mol. The first-order valence-corrected chi connectivity index (χ1v) is 11.8. The molecule has 2 aromatic carbocycles. The molecule has 1 aromatic heterocycles. The van der Waals surface area contributed by atoms with Crippen LogP contribution in [0.2, 0.25) is 5.02 Å². The van der Waals surface area contributed by atoms with Crippen LogP contribution in [-0.2, 0) is 9.59 Å². The van der Waals surface area contributed by atoms with E-state index in [2.05, 4.69) is 4.98 Å². The lowest BCUT2D eigenvalue weighted by molar-refractivity contribution is -0.132. The highest BCUT2D eigenvalue weighted by Gasteiger charge is 2.48. The molecule has 1 atom stereocenters. The molecule has 1 aliphatic rings.